The molecule has 0 radical (unpaired) electrons. The van der Waals surface area contributed by atoms with Gasteiger partial charge in [-0.25, -0.2) is 0 Å². The number of nitrogens with zero attached hydrogens (tertiary/aromatic N) is 3. The fraction of sp³-hybridized carbons (Fsp3) is 0.0588. The molecule has 0 spiro atoms. The molecule has 1 N–H and O–H groups in total. The van der Waals surface area contributed by atoms with Gasteiger partial charge in [-0.2, -0.15) is 10.2 Å². The number of rotatable bonds is 1. The van der Waals surface area contributed by atoms with Crippen molar-refractivity contribution < 1.29 is 5.11 Å². The fourth-order valence-electron chi connectivity index (χ4n) is 2.72. The van der Waals surface area contributed by atoms with Gasteiger partial charge in [-0.15, -0.1) is 0 Å². The highest BCUT2D eigenvalue weighted by molar-refractivity contribution is 5.92. The van der Waals surface area contributed by atoms with Crippen LogP contribution in [-0.2, 0) is 7.05 Å². The predicted molar refractivity (Wildman–Crippen MR) is 82.8 cm³/mol. The molecule has 2 aromatic carbocycles. The van der Waals surface area contributed by atoms with E-state index in [0.717, 1.165) is 32.6 Å². The van der Waals surface area contributed by atoms with Crippen molar-refractivity contribution in [1.29, 1.82) is 0 Å². The van der Waals surface area contributed by atoms with Crippen molar-refractivity contribution in [3.63, 3.8) is 0 Å². The van der Waals surface area contributed by atoms with Crippen LogP contribution in [0.5, 0.6) is 5.88 Å². The molecule has 2 heterocycles. The molecule has 1 aromatic heterocycles. The molecule has 4 rings (SSSR count). The van der Waals surface area contributed by atoms with Crippen molar-refractivity contribution in [2.45, 2.75) is 0 Å². The Hall–Kier alpha value is -2.88. The summed E-state index contributed by atoms with van der Waals surface area (Å²) in [6.07, 6.45) is 3.72. The SMILES string of the molecule is Cn1c(O)c(/C=c2\ccc3c(c2)N=NC=3)c2ccccc21. The summed E-state index contributed by atoms with van der Waals surface area (Å²) in [7, 11) is 1.86. The van der Waals surface area contributed by atoms with Crippen molar-refractivity contribution in [1.82, 2.24) is 4.57 Å². The summed E-state index contributed by atoms with van der Waals surface area (Å²) in [4.78, 5) is 0. The number of para-hydroxylation sites is 1. The molecule has 4 heteroatoms. The number of fused-ring (bicyclic) bond motifs is 2. The summed E-state index contributed by atoms with van der Waals surface area (Å²) in [6, 6.07) is 13.9. The minimum atomic E-state index is 0.268. The highest BCUT2D eigenvalue weighted by Gasteiger charge is 2.11. The first-order valence-corrected chi connectivity index (χ1v) is 6.73. The molecule has 3 aromatic rings. The lowest BCUT2D eigenvalue weighted by Gasteiger charge is -1.96. The Morgan fingerprint density at radius 3 is 2.90 bits per heavy atom. The van der Waals surface area contributed by atoms with Gasteiger partial charge in [-0.1, -0.05) is 30.3 Å². The predicted octanol–water partition coefficient (Wildman–Crippen LogP) is 2.55. The monoisotopic (exact) mass is 275 g/mol. The number of benzene rings is 2. The number of hydrogen-bond acceptors (Lipinski definition) is 3. The van der Waals surface area contributed by atoms with Crippen LogP contribution in [0.4, 0.5) is 5.69 Å². The van der Waals surface area contributed by atoms with Crippen LogP contribution in [-0.4, -0.2) is 9.67 Å². The van der Waals surface area contributed by atoms with Crippen molar-refractivity contribution >= 4 is 28.9 Å². The number of aromatic hydroxyl groups is 1. The molecule has 0 bridgehead atoms. The lowest BCUT2D eigenvalue weighted by Crippen LogP contribution is -2.06. The van der Waals surface area contributed by atoms with Gasteiger partial charge in [0.15, 0.2) is 5.88 Å². The van der Waals surface area contributed by atoms with Crippen LogP contribution in [0.1, 0.15) is 5.56 Å². The molecule has 102 valence electrons. The van der Waals surface area contributed by atoms with Crippen LogP contribution in [0.25, 0.3) is 23.2 Å². The van der Waals surface area contributed by atoms with Crippen molar-refractivity contribution in [3.05, 3.63) is 58.5 Å². The highest BCUT2D eigenvalue weighted by atomic mass is 16.3. The van der Waals surface area contributed by atoms with Gasteiger partial charge >= 0.3 is 0 Å². The molecule has 0 unspecified atom stereocenters. The minimum Gasteiger partial charge on any atom is -0.494 e. The Kier molecular flexibility index (Phi) is 2.44. The molecule has 0 saturated carbocycles. The van der Waals surface area contributed by atoms with Gasteiger partial charge in [-0.3, -0.25) is 0 Å². The second-order valence-electron chi connectivity index (χ2n) is 5.12. The molecule has 1 aliphatic heterocycles. The molecule has 4 nitrogen and oxygen atoms in total. The van der Waals surface area contributed by atoms with Gasteiger partial charge in [0.25, 0.3) is 0 Å². The summed E-state index contributed by atoms with van der Waals surface area (Å²) >= 11 is 0. The number of aryl methyl sites for hydroxylation is 1. The fourth-order valence-corrected chi connectivity index (χ4v) is 2.72. The van der Waals surface area contributed by atoms with Gasteiger partial charge in [0.05, 0.1) is 17.4 Å². The average Bonchev–Trinajstić information content (AvgIpc) is 3.06. The van der Waals surface area contributed by atoms with E-state index in [4.69, 9.17) is 0 Å². The van der Waals surface area contributed by atoms with Gasteiger partial charge in [-0.05, 0) is 23.4 Å². The first kappa shape index (κ1) is 11.9. The molecular formula is C17H13N3O. The zero-order chi connectivity index (χ0) is 14.4. The van der Waals surface area contributed by atoms with Gasteiger partial charge in [0.1, 0.15) is 0 Å². The summed E-state index contributed by atoms with van der Waals surface area (Å²) in [6.45, 7) is 0. The smallest absolute Gasteiger partial charge is 0.199 e. The Morgan fingerprint density at radius 1 is 1.14 bits per heavy atom. The van der Waals surface area contributed by atoms with E-state index >= 15 is 0 Å². The molecular weight excluding hydrogens is 262 g/mol. The topological polar surface area (TPSA) is 49.9 Å². The van der Waals surface area contributed by atoms with E-state index in [1.165, 1.54) is 0 Å². The summed E-state index contributed by atoms with van der Waals surface area (Å²) in [5.41, 5.74) is 2.70. The normalized spacial score (nSPS) is 13.7. The van der Waals surface area contributed by atoms with E-state index in [9.17, 15) is 5.11 Å². The van der Waals surface area contributed by atoms with Crippen LogP contribution in [0.15, 0.2) is 52.7 Å². The first-order valence-electron chi connectivity index (χ1n) is 6.73. The summed E-state index contributed by atoms with van der Waals surface area (Å²) in [5.74, 6) is 0.268. The van der Waals surface area contributed by atoms with E-state index in [1.54, 1.807) is 10.8 Å². The van der Waals surface area contributed by atoms with E-state index in [1.807, 2.05) is 55.6 Å². The molecule has 21 heavy (non-hydrogen) atoms. The van der Waals surface area contributed by atoms with E-state index in [2.05, 4.69) is 10.2 Å². The highest BCUT2D eigenvalue weighted by Crippen LogP contribution is 2.30. The Balaban J connectivity index is 2.00. The Morgan fingerprint density at radius 2 is 2.00 bits per heavy atom. The van der Waals surface area contributed by atoms with E-state index in [0.29, 0.717) is 0 Å². The van der Waals surface area contributed by atoms with Crippen molar-refractivity contribution in [2.24, 2.45) is 17.3 Å². The molecule has 0 amide bonds. The van der Waals surface area contributed by atoms with Crippen LogP contribution in [0, 0.1) is 0 Å². The maximum Gasteiger partial charge on any atom is 0.199 e. The third-order valence-electron chi connectivity index (χ3n) is 3.84. The third-order valence-corrected chi connectivity index (χ3v) is 3.84. The zero-order valence-corrected chi connectivity index (χ0v) is 11.5. The van der Waals surface area contributed by atoms with Crippen molar-refractivity contribution in [2.75, 3.05) is 0 Å². The van der Waals surface area contributed by atoms with Gasteiger partial charge < -0.3 is 9.67 Å². The van der Waals surface area contributed by atoms with E-state index in [-0.39, 0.29) is 5.88 Å². The maximum atomic E-state index is 10.4. The number of azo groups is 1. The largest absolute Gasteiger partial charge is 0.494 e. The molecule has 0 aliphatic carbocycles. The third kappa shape index (κ3) is 1.76. The van der Waals surface area contributed by atoms with Crippen LogP contribution in [0.3, 0.4) is 0 Å². The van der Waals surface area contributed by atoms with Gasteiger partial charge in [0.2, 0.25) is 0 Å². The lowest BCUT2D eigenvalue weighted by molar-refractivity contribution is 0.434. The standard InChI is InChI=1S/C17H13N3O/c1-20-16-5-3-2-4-13(16)14(17(20)21)8-11-6-7-12-10-18-19-15(12)9-11/h2-10,21H,1H3/b11-8+. The van der Waals surface area contributed by atoms with Crippen LogP contribution >= 0.6 is 0 Å². The van der Waals surface area contributed by atoms with Crippen LogP contribution in [0.2, 0.25) is 0 Å². The lowest BCUT2D eigenvalue weighted by atomic mass is 10.1. The quantitative estimate of drug-likeness (QED) is 0.729. The zero-order valence-electron chi connectivity index (χ0n) is 11.5. The maximum absolute atomic E-state index is 10.4. The molecule has 0 saturated heterocycles. The molecule has 0 fully saturated rings. The van der Waals surface area contributed by atoms with Crippen molar-refractivity contribution in [3.8, 4) is 5.88 Å². The Labute approximate surface area is 121 Å². The van der Waals surface area contributed by atoms with E-state index < -0.39 is 0 Å². The minimum absolute atomic E-state index is 0.268. The molecule has 1 aliphatic rings. The van der Waals surface area contributed by atoms with Crippen LogP contribution < -0.4 is 10.4 Å². The summed E-state index contributed by atoms with van der Waals surface area (Å²) in [5, 5.41) is 21.4. The Bertz CT molecular complexity index is 1010. The summed E-state index contributed by atoms with van der Waals surface area (Å²) < 4.78 is 1.79. The average molecular weight is 275 g/mol. The van der Waals surface area contributed by atoms with Gasteiger partial charge in [0, 0.05) is 23.2 Å². The second-order valence-corrected chi connectivity index (χ2v) is 5.12. The first-order chi connectivity index (χ1) is 10.2. The molecule has 0 atom stereocenters. The number of hydrogen-bond donors (Lipinski definition) is 1. The second kappa shape index (κ2) is 4.31. The number of aromatic nitrogens is 1.